The summed E-state index contributed by atoms with van der Waals surface area (Å²) in [5.74, 6) is 1.82. The first-order valence-corrected chi connectivity index (χ1v) is 12.1. The van der Waals surface area contributed by atoms with Gasteiger partial charge >= 0.3 is 0 Å². The summed E-state index contributed by atoms with van der Waals surface area (Å²) in [6, 6.07) is 4.31. The minimum Gasteiger partial charge on any atom is -0.504 e. The molecule has 170 valence electrons. The third-order valence-electron chi connectivity index (χ3n) is 10.4. The molecule has 0 amide bonds. The van der Waals surface area contributed by atoms with E-state index < -0.39 is 11.2 Å². The summed E-state index contributed by atoms with van der Waals surface area (Å²) in [6.07, 6.45) is 4.69. The largest absolute Gasteiger partial charge is 0.504 e. The second-order valence-corrected chi connectivity index (χ2v) is 12.2. The Morgan fingerprint density at radius 3 is 2.68 bits per heavy atom. The molecule has 1 aromatic rings. The zero-order valence-corrected chi connectivity index (χ0v) is 19.5. The van der Waals surface area contributed by atoms with E-state index in [9.17, 15) is 10.2 Å². The summed E-state index contributed by atoms with van der Waals surface area (Å²) in [6.45, 7) is 9.39. The normalized spacial score (nSPS) is 44.3. The summed E-state index contributed by atoms with van der Waals surface area (Å²) >= 11 is 0. The van der Waals surface area contributed by atoms with Gasteiger partial charge in [0.2, 0.25) is 0 Å². The number of ether oxygens (including phenoxy) is 2. The number of phenols is 1. The average Bonchev–Trinajstić information content (AvgIpc) is 2.80. The smallest absolute Gasteiger partial charge is 0.165 e. The molecule has 4 aliphatic carbocycles. The molecule has 1 saturated heterocycles. The lowest BCUT2D eigenvalue weighted by atomic mass is 9.53. The first-order chi connectivity index (χ1) is 14.6. The van der Waals surface area contributed by atoms with Crippen molar-refractivity contribution in [2.45, 2.75) is 88.6 Å². The Bertz CT molecular complexity index is 936. The van der Waals surface area contributed by atoms with Crippen LogP contribution in [0.1, 0.15) is 64.5 Å². The highest BCUT2D eigenvalue weighted by molar-refractivity contribution is 5.60. The maximum Gasteiger partial charge on any atom is 0.165 e. The maximum absolute atomic E-state index is 12.1. The molecule has 5 nitrogen and oxygen atoms in total. The third-order valence-corrected chi connectivity index (χ3v) is 10.4. The zero-order chi connectivity index (χ0) is 22.0. The van der Waals surface area contributed by atoms with Gasteiger partial charge in [-0.15, -0.1) is 0 Å². The number of aliphatic hydroxyl groups is 1. The van der Waals surface area contributed by atoms with Crippen molar-refractivity contribution in [3.8, 4) is 11.5 Å². The lowest BCUT2D eigenvalue weighted by molar-refractivity contribution is -0.223. The molecular formula is C26H37NO4. The fourth-order valence-electron chi connectivity index (χ4n) is 8.58. The van der Waals surface area contributed by atoms with Gasteiger partial charge in [-0.3, -0.25) is 0 Å². The van der Waals surface area contributed by atoms with Gasteiger partial charge in [0.1, 0.15) is 11.7 Å². The SMILES string of the molecule is CO[C@]12CC[C@H]3C(C[C@@H]1C(C)(O)C(C)(C)C)[C@H]1Cc4ccc(O)c5c4[C@@]3(CCN1)[C@H]2O5. The fourth-order valence-corrected chi connectivity index (χ4v) is 8.58. The van der Waals surface area contributed by atoms with Crippen LogP contribution in [0.5, 0.6) is 11.5 Å². The molecule has 7 rings (SSSR count). The number of rotatable bonds is 2. The van der Waals surface area contributed by atoms with E-state index >= 15 is 0 Å². The van der Waals surface area contributed by atoms with E-state index in [2.05, 4.69) is 32.2 Å². The Morgan fingerprint density at radius 1 is 1.19 bits per heavy atom. The molecule has 5 bridgehead atoms. The van der Waals surface area contributed by atoms with E-state index in [-0.39, 0.29) is 28.6 Å². The van der Waals surface area contributed by atoms with Crippen molar-refractivity contribution in [3.63, 3.8) is 0 Å². The first kappa shape index (κ1) is 20.3. The molecule has 1 aromatic carbocycles. The van der Waals surface area contributed by atoms with Gasteiger partial charge in [-0.1, -0.05) is 26.8 Å². The van der Waals surface area contributed by atoms with Crippen LogP contribution < -0.4 is 10.1 Å². The van der Waals surface area contributed by atoms with Gasteiger partial charge in [0.05, 0.1) is 5.60 Å². The summed E-state index contributed by atoms with van der Waals surface area (Å²) in [7, 11) is 1.82. The Hall–Kier alpha value is -1.30. The predicted octanol–water partition coefficient (Wildman–Crippen LogP) is 3.54. The maximum atomic E-state index is 12.1. The van der Waals surface area contributed by atoms with Crippen LogP contribution in [0.3, 0.4) is 0 Å². The van der Waals surface area contributed by atoms with Crippen molar-refractivity contribution in [2.75, 3.05) is 13.7 Å². The van der Waals surface area contributed by atoms with E-state index in [4.69, 9.17) is 9.47 Å². The number of hydrogen-bond donors (Lipinski definition) is 3. The number of fused-ring (bicyclic) bond motifs is 2. The molecule has 2 heterocycles. The topological polar surface area (TPSA) is 71.0 Å². The van der Waals surface area contributed by atoms with Crippen molar-refractivity contribution in [2.24, 2.45) is 23.2 Å². The van der Waals surface area contributed by atoms with Crippen LogP contribution in [0.4, 0.5) is 0 Å². The van der Waals surface area contributed by atoms with E-state index in [1.165, 1.54) is 11.1 Å². The molecule has 6 aliphatic rings. The van der Waals surface area contributed by atoms with Crippen LogP contribution in [0, 0.1) is 23.2 Å². The van der Waals surface area contributed by atoms with Gasteiger partial charge in [-0.2, -0.15) is 0 Å². The van der Waals surface area contributed by atoms with Crippen LogP contribution in [0.15, 0.2) is 12.1 Å². The average molecular weight is 428 g/mol. The van der Waals surface area contributed by atoms with Gasteiger partial charge in [-0.05, 0) is 74.5 Å². The number of hydrogen-bond acceptors (Lipinski definition) is 5. The zero-order valence-electron chi connectivity index (χ0n) is 19.5. The van der Waals surface area contributed by atoms with Gasteiger partial charge in [0.15, 0.2) is 11.5 Å². The highest BCUT2D eigenvalue weighted by Crippen LogP contribution is 2.70. The number of aromatic hydroxyl groups is 1. The molecular weight excluding hydrogens is 390 g/mol. The Kier molecular flexibility index (Phi) is 3.92. The van der Waals surface area contributed by atoms with E-state index in [0.29, 0.717) is 23.6 Å². The lowest BCUT2D eigenvalue weighted by Gasteiger charge is -2.57. The molecule has 4 fully saturated rings. The van der Waals surface area contributed by atoms with Crippen LogP contribution >= 0.6 is 0 Å². The van der Waals surface area contributed by atoms with Crippen molar-refractivity contribution >= 4 is 0 Å². The fraction of sp³-hybridized carbons (Fsp3) is 0.769. The Labute approximate surface area is 185 Å². The summed E-state index contributed by atoms with van der Waals surface area (Å²) in [5.41, 5.74) is 0.627. The summed E-state index contributed by atoms with van der Waals surface area (Å²) in [5, 5.41) is 26.8. The van der Waals surface area contributed by atoms with Crippen molar-refractivity contribution in [1.29, 1.82) is 0 Å². The standard InChI is InChI=1S/C26H37NO4/c1-23(2,3)24(4,29)19-13-15-16-8-9-26(19,30-5)22-25(16)10-11-27-17(15)12-14-6-7-18(28)21(31-22)20(14)25/h6-7,15-17,19,22,27-29H,8-13H2,1-5H3/t15?,16-,17+,19+,22+,24?,25-,26+/m0/s1. The molecule has 0 aromatic heterocycles. The van der Waals surface area contributed by atoms with Crippen LogP contribution in [-0.2, 0) is 16.6 Å². The highest BCUT2D eigenvalue weighted by Gasteiger charge is 2.74. The minimum absolute atomic E-state index is 0.0488. The minimum atomic E-state index is -0.918. The van der Waals surface area contributed by atoms with Crippen molar-refractivity contribution in [3.05, 3.63) is 23.3 Å². The Morgan fingerprint density at radius 2 is 1.97 bits per heavy atom. The summed E-state index contributed by atoms with van der Waals surface area (Å²) in [4.78, 5) is 0. The molecule has 31 heavy (non-hydrogen) atoms. The molecule has 5 heteroatoms. The van der Waals surface area contributed by atoms with E-state index in [0.717, 1.165) is 38.6 Å². The first-order valence-electron chi connectivity index (χ1n) is 12.1. The second-order valence-electron chi connectivity index (χ2n) is 12.2. The van der Waals surface area contributed by atoms with Crippen LogP contribution in [0.25, 0.3) is 0 Å². The number of benzene rings is 1. The molecule has 3 saturated carbocycles. The molecule has 0 radical (unpaired) electrons. The lowest BCUT2D eigenvalue weighted by Crippen LogP contribution is -2.68. The van der Waals surface area contributed by atoms with E-state index in [1.54, 1.807) is 0 Å². The van der Waals surface area contributed by atoms with E-state index in [1.807, 2.05) is 20.1 Å². The van der Waals surface area contributed by atoms with Gasteiger partial charge < -0.3 is 25.0 Å². The Balaban J connectivity index is 1.66. The van der Waals surface area contributed by atoms with Gasteiger partial charge in [0.25, 0.3) is 0 Å². The second kappa shape index (κ2) is 5.98. The monoisotopic (exact) mass is 427 g/mol. The number of phenolic OH excluding ortho intramolecular Hbond substituents is 1. The molecule has 2 unspecified atom stereocenters. The van der Waals surface area contributed by atoms with Crippen LogP contribution in [0.2, 0.25) is 0 Å². The van der Waals surface area contributed by atoms with Crippen molar-refractivity contribution < 1.29 is 19.7 Å². The summed E-state index contributed by atoms with van der Waals surface area (Å²) < 4.78 is 13.3. The van der Waals surface area contributed by atoms with Gasteiger partial charge in [0, 0.05) is 30.0 Å². The number of methoxy groups -OCH3 is 1. The van der Waals surface area contributed by atoms with Crippen LogP contribution in [-0.4, -0.2) is 47.2 Å². The highest BCUT2D eigenvalue weighted by atomic mass is 16.6. The van der Waals surface area contributed by atoms with Crippen molar-refractivity contribution in [1.82, 2.24) is 5.32 Å². The quantitative estimate of drug-likeness (QED) is 0.674. The number of nitrogens with one attached hydrogen (secondary N) is 1. The molecule has 8 atom stereocenters. The third kappa shape index (κ3) is 2.19. The molecule has 2 aliphatic heterocycles. The molecule has 3 N–H and O–H groups in total. The molecule has 1 spiro atoms. The van der Waals surface area contributed by atoms with Gasteiger partial charge in [-0.25, -0.2) is 0 Å². The predicted molar refractivity (Wildman–Crippen MR) is 118 cm³/mol.